The molecule has 0 fully saturated rings. The second-order valence-corrected chi connectivity index (χ2v) is 8.51. The lowest BCUT2D eigenvalue weighted by Gasteiger charge is -2.10. The van der Waals surface area contributed by atoms with Gasteiger partial charge in [-0.1, -0.05) is 12.1 Å². The molecule has 0 aliphatic heterocycles. The van der Waals surface area contributed by atoms with Crippen LogP contribution in [0.5, 0.6) is 0 Å². The van der Waals surface area contributed by atoms with E-state index < -0.39 is 21.8 Å². The number of alkyl halides is 3. The van der Waals surface area contributed by atoms with E-state index in [1.807, 2.05) is 30.6 Å². The second kappa shape index (κ2) is 8.06. The molecular weight excluding hydrogens is 427 g/mol. The van der Waals surface area contributed by atoms with Crippen LogP contribution in [0.1, 0.15) is 28.1 Å². The minimum atomic E-state index is -4.45. The predicted octanol–water partition coefficient (Wildman–Crippen LogP) is 4.82. The van der Waals surface area contributed by atoms with Gasteiger partial charge in [-0.25, -0.2) is 13.6 Å². The van der Waals surface area contributed by atoms with Gasteiger partial charge in [-0.3, -0.25) is 0 Å². The quantitative estimate of drug-likeness (QED) is 0.584. The zero-order valence-electron chi connectivity index (χ0n) is 16.6. The number of hydrogen-bond donors (Lipinski definition) is 1. The first-order valence-corrected chi connectivity index (χ1v) is 10.6. The zero-order valence-corrected chi connectivity index (χ0v) is 17.4. The highest BCUT2D eigenvalue weighted by Gasteiger charge is 2.30. The summed E-state index contributed by atoms with van der Waals surface area (Å²) in [5, 5.41) is 14.7. The van der Waals surface area contributed by atoms with Gasteiger partial charge < -0.3 is 4.57 Å². The van der Waals surface area contributed by atoms with Gasteiger partial charge in [-0.2, -0.15) is 18.4 Å². The van der Waals surface area contributed by atoms with E-state index in [1.54, 1.807) is 18.2 Å². The van der Waals surface area contributed by atoms with Crippen molar-refractivity contribution >= 4 is 21.7 Å². The molecule has 31 heavy (non-hydrogen) atoms. The molecule has 5 nitrogen and oxygen atoms in total. The number of nitriles is 1. The molecule has 0 spiro atoms. The lowest BCUT2D eigenvalue weighted by atomic mass is 10.0. The number of nitrogens with two attached hydrogens (primary N) is 1. The molecule has 9 heteroatoms. The Balaban J connectivity index is 2.01. The Morgan fingerprint density at radius 3 is 2.13 bits per heavy atom. The third-order valence-electron chi connectivity index (χ3n) is 4.84. The summed E-state index contributed by atoms with van der Waals surface area (Å²) in [6.45, 7) is 3.68. The lowest BCUT2D eigenvalue weighted by molar-refractivity contribution is -0.137. The Kier molecular flexibility index (Phi) is 5.81. The van der Waals surface area contributed by atoms with Crippen LogP contribution in [0.25, 0.3) is 17.3 Å². The van der Waals surface area contributed by atoms with Gasteiger partial charge >= 0.3 is 6.18 Å². The maximum atomic E-state index is 12.8. The normalized spacial score (nSPS) is 12.6. The number of aromatic nitrogens is 1. The first-order chi connectivity index (χ1) is 14.4. The van der Waals surface area contributed by atoms with Crippen LogP contribution in [0, 0.1) is 25.2 Å². The third-order valence-corrected chi connectivity index (χ3v) is 5.77. The van der Waals surface area contributed by atoms with E-state index in [2.05, 4.69) is 0 Å². The number of sulfonamides is 1. The molecule has 160 valence electrons. The van der Waals surface area contributed by atoms with Crippen LogP contribution in [-0.4, -0.2) is 13.0 Å². The molecule has 3 aromatic rings. The standard InChI is InChI=1S/C22H18F3N3O2S/c1-14-11-17(12-18(13-26)16-3-5-19(6-4-16)22(23,24)25)15(2)28(14)20-7-9-21(10-8-20)31(27,29)30/h3-12H,1-2H3,(H2,27,29,30)/b18-12-. The van der Waals surface area contributed by atoms with Gasteiger partial charge in [0.1, 0.15) is 0 Å². The zero-order chi connectivity index (χ0) is 23.0. The lowest BCUT2D eigenvalue weighted by Crippen LogP contribution is -2.12. The Bertz CT molecular complexity index is 1300. The fraction of sp³-hybridized carbons (Fsp3) is 0.136. The molecule has 0 saturated carbocycles. The largest absolute Gasteiger partial charge is 0.416 e. The average molecular weight is 445 g/mol. The minimum Gasteiger partial charge on any atom is -0.318 e. The minimum absolute atomic E-state index is 0.00657. The van der Waals surface area contributed by atoms with E-state index in [-0.39, 0.29) is 10.5 Å². The van der Waals surface area contributed by atoms with Crippen molar-refractivity contribution in [3.63, 3.8) is 0 Å². The predicted molar refractivity (Wildman–Crippen MR) is 112 cm³/mol. The van der Waals surface area contributed by atoms with Crippen molar-refractivity contribution in [2.45, 2.75) is 24.9 Å². The molecule has 0 bridgehead atoms. The fourth-order valence-corrected chi connectivity index (χ4v) is 3.81. The molecule has 2 aromatic carbocycles. The molecule has 0 saturated heterocycles. The second-order valence-electron chi connectivity index (χ2n) is 6.95. The van der Waals surface area contributed by atoms with E-state index in [0.717, 1.165) is 23.5 Å². The maximum absolute atomic E-state index is 12.8. The van der Waals surface area contributed by atoms with Crippen molar-refractivity contribution in [2.75, 3.05) is 0 Å². The van der Waals surface area contributed by atoms with Crippen LogP contribution in [0.4, 0.5) is 13.2 Å². The third kappa shape index (κ3) is 4.71. The van der Waals surface area contributed by atoms with E-state index >= 15 is 0 Å². The van der Waals surface area contributed by atoms with Crippen LogP contribution in [0.2, 0.25) is 0 Å². The van der Waals surface area contributed by atoms with Gasteiger partial charge in [-0.05, 0) is 73.5 Å². The molecule has 2 N–H and O–H groups in total. The summed E-state index contributed by atoms with van der Waals surface area (Å²) in [5.41, 5.74) is 2.84. The van der Waals surface area contributed by atoms with Crippen molar-refractivity contribution < 1.29 is 21.6 Å². The molecule has 3 rings (SSSR count). The Morgan fingerprint density at radius 1 is 1.06 bits per heavy atom. The van der Waals surface area contributed by atoms with Gasteiger partial charge in [0, 0.05) is 17.1 Å². The molecular formula is C22H18F3N3O2S. The molecule has 0 aliphatic rings. The summed E-state index contributed by atoms with van der Waals surface area (Å²) in [6, 6.07) is 14.3. The van der Waals surface area contributed by atoms with Crippen LogP contribution in [0.15, 0.2) is 59.5 Å². The number of benzene rings is 2. The Labute approximate surface area is 177 Å². The number of halogens is 3. The smallest absolute Gasteiger partial charge is 0.318 e. The van der Waals surface area contributed by atoms with Crippen molar-refractivity contribution in [3.05, 3.63) is 82.7 Å². The van der Waals surface area contributed by atoms with Crippen molar-refractivity contribution in [1.82, 2.24) is 4.57 Å². The van der Waals surface area contributed by atoms with Crippen LogP contribution in [0.3, 0.4) is 0 Å². The Morgan fingerprint density at radius 2 is 1.65 bits per heavy atom. The highest BCUT2D eigenvalue weighted by atomic mass is 32.2. The molecule has 0 amide bonds. The number of aryl methyl sites for hydroxylation is 1. The highest BCUT2D eigenvalue weighted by Crippen LogP contribution is 2.31. The first kappa shape index (κ1) is 22.3. The molecule has 1 aromatic heterocycles. The number of primary sulfonamides is 1. The topological polar surface area (TPSA) is 88.9 Å². The molecule has 0 atom stereocenters. The first-order valence-electron chi connectivity index (χ1n) is 9.03. The van der Waals surface area contributed by atoms with Crippen LogP contribution in [-0.2, 0) is 16.2 Å². The van der Waals surface area contributed by atoms with E-state index in [4.69, 9.17) is 5.14 Å². The average Bonchev–Trinajstić information content (AvgIpc) is 2.98. The number of rotatable bonds is 4. The van der Waals surface area contributed by atoms with Crippen molar-refractivity contribution in [1.29, 1.82) is 5.26 Å². The maximum Gasteiger partial charge on any atom is 0.416 e. The molecule has 0 unspecified atom stereocenters. The van der Waals surface area contributed by atoms with E-state index in [1.165, 1.54) is 24.3 Å². The Hall–Kier alpha value is -3.35. The van der Waals surface area contributed by atoms with Gasteiger partial charge in [-0.15, -0.1) is 0 Å². The van der Waals surface area contributed by atoms with Crippen LogP contribution >= 0.6 is 0 Å². The summed E-state index contributed by atoms with van der Waals surface area (Å²) in [4.78, 5) is -0.00657. The summed E-state index contributed by atoms with van der Waals surface area (Å²) >= 11 is 0. The van der Waals surface area contributed by atoms with Crippen molar-refractivity contribution in [3.8, 4) is 11.8 Å². The van der Waals surface area contributed by atoms with Gasteiger partial charge in [0.25, 0.3) is 0 Å². The number of hydrogen-bond acceptors (Lipinski definition) is 3. The molecule has 0 radical (unpaired) electrons. The number of allylic oxidation sites excluding steroid dienone is 1. The summed E-state index contributed by atoms with van der Waals surface area (Å²) < 4.78 is 63.1. The summed E-state index contributed by atoms with van der Waals surface area (Å²) in [6.07, 6.45) is -2.83. The molecule has 1 heterocycles. The van der Waals surface area contributed by atoms with Crippen LogP contribution < -0.4 is 5.14 Å². The van der Waals surface area contributed by atoms with Gasteiger partial charge in [0.2, 0.25) is 10.0 Å². The van der Waals surface area contributed by atoms with E-state index in [0.29, 0.717) is 16.8 Å². The van der Waals surface area contributed by atoms with Gasteiger partial charge in [0.15, 0.2) is 0 Å². The summed E-state index contributed by atoms with van der Waals surface area (Å²) in [5.74, 6) is 0. The monoisotopic (exact) mass is 445 g/mol. The SMILES string of the molecule is Cc1cc(/C=C(/C#N)c2ccc(C(F)(F)F)cc2)c(C)n1-c1ccc(S(N)(=O)=O)cc1. The highest BCUT2D eigenvalue weighted by molar-refractivity contribution is 7.89. The summed E-state index contributed by atoms with van der Waals surface area (Å²) in [7, 11) is -3.80. The van der Waals surface area contributed by atoms with Crippen molar-refractivity contribution in [2.24, 2.45) is 5.14 Å². The van der Waals surface area contributed by atoms with E-state index in [9.17, 15) is 26.9 Å². The van der Waals surface area contributed by atoms with Gasteiger partial charge in [0.05, 0.1) is 22.1 Å². The number of nitrogens with zero attached hydrogens (tertiary/aromatic N) is 2. The fourth-order valence-electron chi connectivity index (χ4n) is 3.29. The molecule has 0 aliphatic carbocycles.